The second-order valence-electron chi connectivity index (χ2n) is 2.50. The van der Waals surface area contributed by atoms with Crippen molar-refractivity contribution in [1.82, 2.24) is 0 Å². The van der Waals surface area contributed by atoms with E-state index in [1.165, 1.54) is 0 Å². The van der Waals surface area contributed by atoms with Crippen molar-refractivity contribution in [1.29, 1.82) is 0 Å². The summed E-state index contributed by atoms with van der Waals surface area (Å²) in [5.74, 6) is 3.23. The van der Waals surface area contributed by atoms with Crippen molar-refractivity contribution in [2.75, 3.05) is 13.2 Å². The van der Waals surface area contributed by atoms with Crippen LogP contribution >= 0.6 is 0 Å². The Kier molecular flexibility index (Phi) is 3.28. The van der Waals surface area contributed by atoms with E-state index in [9.17, 15) is 0 Å². The van der Waals surface area contributed by atoms with Crippen molar-refractivity contribution < 1.29 is 9.78 Å². The lowest BCUT2D eigenvalue weighted by molar-refractivity contribution is -0.324. The molecule has 0 aromatic heterocycles. The normalized spacial score (nSPS) is 25.7. The largest absolute Gasteiger partial charge is 0.237 e. The van der Waals surface area contributed by atoms with Crippen molar-refractivity contribution in [2.45, 2.75) is 19.3 Å². The van der Waals surface area contributed by atoms with Crippen molar-refractivity contribution in [3.05, 3.63) is 0 Å². The Balaban J connectivity index is 2.09. The van der Waals surface area contributed by atoms with E-state index in [-0.39, 0.29) is 0 Å². The first kappa shape index (κ1) is 7.59. The maximum absolute atomic E-state index is 5.12. The van der Waals surface area contributed by atoms with E-state index in [0.29, 0.717) is 12.5 Å². The highest BCUT2D eigenvalue weighted by molar-refractivity contribution is 4.84. The van der Waals surface area contributed by atoms with Crippen LogP contribution < -0.4 is 0 Å². The summed E-state index contributed by atoms with van der Waals surface area (Å²) in [6.45, 7) is 1.43. The molecule has 0 aromatic carbocycles. The molecule has 10 heavy (non-hydrogen) atoms. The monoisotopic (exact) mass is 140 g/mol. The molecule has 1 saturated heterocycles. The van der Waals surface area contributed by atoms with Gasteiger partial charge in [0.2, 0.25) is 0 Å². The molecule has 1 aliphatic heterocycles. The fourth-order valence-electron chi connectivity index (χ4n) is 1.02. The van der Waals surface area contributed by atoms with Crippen LogP contribution in [0.2, 0.25) is 0 Å². The van der Waals surface area contributed by atoms with Gasteiger partial charge in [-0.2, -0.15) is 0 Å². The van der Waals surface area contributed by atoms with Crippen LogP contribution in [0.25, 0.3) is 0 Å². The smallest absolute Gasteiger partial charge is 0.0851 e. The third-order valence-corrected chi connectivity index (χ3v) is 1.69. The van der Waals surface area contributed by atoms with Crippen LogP contribution in [0.4, 0.5) is 0 Å². The van der Waals surface area contributed by atoms with Crippen LogP contribution in [-0.4, -0.2) is 13.2 Å². The van der Waals surface area contributed by atoms with Gasteiger partial charge in [0, 0.05) is 6.42 Å². The van der Waals surface area contributed by atoms with Gasteiger partial charge in [0.05, 0.1) is 13.2 Å². The van der Waals surface area contributed by atoms with E-state index in [4.69, 9.17) is 16.2 Å². The highest BCUT2D eigenvalue weighted by atomic mass is 17.2. The highest BCUT2D eigenvalue weighted by Gasteiger charge is 2.13. The minimum absolute atomic E-state index is 0.616. The minimum Gasteiger partial charge on any atom is -0.237 e. The minimum atomic E-state index is 0.616. The van der Waals surface area contributed by atoms with Crippen molar-refractivity contribution in [2.24, 2.45) is 5.92 Å². The van der Waals surface area contributed by atoms with Crippen molar-refractivity contribution in [3.63, 3.8) is 0 Å². The van der Waals surface area contributed by atoms with Gasteiger partial charge in [-0.15, -0.1) is 12.3 Å². The van der Waals surface area contributed by atoms with Crippen LogP contribution in [0.3, 0.4) is 0 Å². The second kappa shape index (κ2) is 4.32. The summed E-state index contributed by atoms with van der Waals surface area (Å²) in [4.78, 5) is 9.54. The van der Waals surface area contributed by atoms with Crippen molar-refractivity contribution >= 4 is 0 Å². The zero-order valence-corrected chi connectivity index (χ0v) is 6.01. The Morgan fingerprint density at radius 3 is 3.00 bits per heavy atom. The van der Waals surface area contributed by atoms with Gasteiger partial charge < -0.3 is 0 Å². The molecule has 1 atom stereocenters. The summed E-state index contributed by atoms with van der Waals surface area (Å²) in [7, 11) is 0. The molecule has 1 fully saturated rings. The molecule has 2 heteroatoms. The maximum atomic E-state index is 5.12. The predicted octanol–water partition coefficient (Wildman–Crippen LogP) is 1.37. The SMILES string of the molecule is C#CCCC1CCOOC1. The lowest BCUT2D eigenvalue weighted by Gasteiger charge is -2.19. The van der Waals surface area contributed by atoms with Crippen LogP contribution in [0.5, 0.6) is 0 Å². The molecule has 1 unspecified atom stereocenters. The van der Waals surface area contributed by atoms with Crippen LogP contribution in [0, 0.1) is 18.3 Å². The molecule has 56 valence electrons. The lowest BCUT2D eigenvalue weighted by atomic mass is 10.0. The third kappa shape index (κ3) is 2.38. The number of hydrogen-bond acceptors (Lipinski definition) is 2. The Morgan fingerprint density at radius 2 is 2.40 bits per heavy atom. The number of hydrogen-bond donors (Lipinski definition) is 0. The summed E-state index contributed by atoms with van der Waals surface area (Å²) in [5, 5.41) is 0. The van der Waals surface area contributed by atoms with Gasteiger partial charge in [-0.05, 0) is 18.8 Å². The fraction of sp³-hybridized carbons (Fsp3) is 0.750. The standard InChI is InChI=1S/C8H12O2/c1-2-3-4-8-5-6-9-10-7-8/h1,8H,3-7H2. The topological polar surface area (TPSA) is 18.5 Å². The molecule has 0 bridgehead atoms. The molecule has 1 heterocycles. The van der Waals surface area contributed by atoms with Crippen LogP contribution in [0.1, 0.15) is 19.3 Å². The van der Waals surface area contributed by atoms with E-state index in [2.05, 4.69) is 5.92 Å². The molecular weight excluding hydrogens is 128 g/mol. The zero-order valence-electron chi connectivity index (χ0n) is 6.01. The van der Waals surface area contributed by atoms with Gasteiger partial charge in [0.25, 0.3) is 0 Å². The molecule has 0 aliphatic carbocycles. The molecule has 0 aromatic rings. The van der Waals surface area contributed by atoms with Crippen LogP contribution in [-0.2, 0) is 9.78 Å². The predicted molar refractivity (Wildman–Crippen MR) is 38.1 cm³/mol. The van der Waals surface area contributed by atoms with Gasteiger partial charge in [-0.1, -0.05) is 0 Å². The summed E-state index contributed by atoms with van der Waals surface area (Å²) in [5.41, 5.74) is 0. The summed E-state index contributed by atoms with van der Waals surface area (Å²) < 4.78 is 0. The highest BCUT2D eigenvalue weighted by Crippen LogP contribution is 2.15. The first-order valence-corrected chi connectivity index (χ1v) is 3.61. The van der Waals surface area contributed by atoms with Gasteiger partial charge >= 0.3 is 0 Å². The fourth-order valence-corrected chi connectivity index (χ4v) is 1.02. The average molecular weight is 140 g/mol. The van der Waals surface area contributed by atoms with Crippen molar-refractivity contribution in [3.8, 4) is 12.3 Å². The summed E-state index contributed by atoms with van der Waals surface area (Å²) in [6.07, 6.45) is 8.13. The Labute approximate surface area is 61.4 Å². The first-order valence-electron chi connectivity index (χ1n) is 3.61. The van der Waals surface area contributed by atoms with E-state index in [1.807, 2.05) is 0 Å². The van der Waals surface area contributed by atoms with Crippen LogP contribution in [0.15, 0.2) is 0 Å². The molecule has 0 saturated carbocycles. The average Bonchev–Trinajstić information content (AvgIpc) is 2.03. The quantitative estimate of drug-likeness (QED) is 0.426. The summed E-state index contributed by atoms with van der Waals surface area (Å²) in [6, 6.07) is 0. The van der Waals surface area contributed by atoms with Gasteiger partial charge in [-0.3, -0.25) is 0 Å². The molecule has 0 amide bonds. The van der Waals surface area contributed by atoms with E-state index < -0.39 is 0 Å². The molecular formula is C8H12O2. The first-order chi connectivity index (χ1) is 4.93. The van der Waals surface area contributed by atoms with Gasteiger partial charge in [0.1, 0.15) is 0 Å². The molecule has 0 radical (unpaired) electrons. The second-order valence-corrected chi connectivity index (χ2v) is 2.50. The maximum Gasteiger partial charge on any atom is 0.0851 e. The van der Waals surface area contributed by atoms with E-state index >= 15 is 0 Å². The third-order valence-electron chi connectivity index (χ3n) is 1.69. The molecule has 0 spiro atoms. The molecule has 1 aliphatic rings. The van der Waals surface area contributed by atoms with Gasteiger partial charge in [0.15, 0.2) is 0 Å². The van der Waals surface area contributed by atoms with Gasteiger partial charge in [-0.25, -0.2) is 9.78 Å². The Hall–Kier alpha value is -0.520. The van der Waals surface area contributed by atoms with E-state index in [1.54, 1.807) is 0 Å². The lowest BCUT2D eigenvalue weighted by Crippen LogP contribution is -2.18. The zero-order chi connectivity index (χ0) is 7.23. The molecule has 0 N–H and O–H groups in total. The van der Waals surface area contributed by atoms with E-state index in [0.717, 1.165) is 25.9 Å². The molecule has 2 nitrogen and oxygen atoms in total. The number of terminal acetylenes is 1. The molecule has 1 rings (SSSR count). The Bertz CT molecular complexity index is 120. The summed E-state index contributed by atoms with van der Waals surface area (Å²) >= 11 is 0. The number of rotatable bonds is 2. The Morgan fingerprint density at radius 1 is 1.50 bits per heavy atom.